The third-order valence-electron chi connectivity index (χ3n) is 5.24. The maximum Gasteiger partial charge on any atom is 0.338 e. The molecule has 7 nitrogen and oxygen atoms in total. The molecule has 0 aromatic rings. The molecular weight excluding hydrogens is 340 g/mol. The van der Waals surface area contributed by atoms with Crippen LogP contribution in [0.3, 0.4) is 0 Å². The minimum absolute atomic E-state index is 0.0867. The van der Waals surface area contributed by atoms with Gasteiger partial charge < -0.3 is 19.3 Å². The zero-order valence-electron chi connectivity index (χ0n) is 15.0. The Morgan fingerprint density at radius 2 is 2.04 bits per heavy atom. The predicted molar refractivity (Wildman–Crippen MR) is 89.6 cm³/mol. The van der Waals surface area contributed by atoms with Crippen LogP contribution in [0, 0.1) is 17.8 Å². The van der Waals surface area contributed by atoms with E-state index < -0.39 is 42.1 Å². The fourth-order valence-corrected chi connectivity index (χ4v) is 3.69. The molecule has 1 unspecified atom stereocenters. The molecule has 2 aliphatic heterocycles. The largest absolute Gasteiger partial charge is 0.458 e. The van der Waals surface area contributed by atoms with Gasteiger partial charge in [-0.1, -0.05) is 20.4 Å². The second-order valence-corrected chi connectivity index (χ2v) is 7.43. The van der Waals surface area contributed by atoms with Crippen LogP contribution >= 0.6 is 0 Å². The smallest absolute Gasteiger partial charge is 0.338 e. The van der Waals surface area contributed by atoms with Crippen LogP contribution in [0.2, 0.25) is 0 Å². The quantitative estimate of drug-likeness (QED) is 0.458. The van der Waals surface area contributed by atoms with Crippen molar-refractivity contribution < 1.29 is 33.7 Å². The molecule has 26 heavy (non-hydrogen) atoms. The minimum Gasteiger partial charge on any atom is -0.458 e. The molecule has 0 spiro atoms. The highest BCUT2D eigenvalue weighted by molar-refractivity contribution is 5.94. The molecule has 2 bridgehead atoms. The molecule has 1 N–H and O–H groups in total. The van der Waals surface area contributed by atoms with Gasteiger partial charge in [0.05, 0.1) is 17.4 Å². The van der Waals surface area contributed by atoms with E-state index in [1.54, 1.807) is 19.9 Å². The van der Waals surface area contributed by atoms with E-state index in [-0.39, 0.29) is 29.6 Å². The first kappa shape index (κ1) is 18.6. The molecule has 2 heterocycles. The van der Waals surface area contributed by atoms with E-state index in [4.69, 9.17) is 14.2 Å². The van der Waals surface area contributed by atoms with Gasteiger partial charge in [0.2, 0.25) is 0 Å². The fraction of sp³-hybridized carbons (Fsp3) is 0.632. The standard InChI is InChI=1S/C19H24O7/c1-9(2)17(21)24-13-5-4-11(8-20)6-14-16(10(3)18(22)25-14)15-7-12(13)19(23)26-15/h7,9,11,13-16,20H,3-6,8H2,1-2H3/t11?,13-,14+,15+,16-/m0/s1. The molecule has 0 saturated carbocycles. The number of ether oxygens (including phenoxy) is 3. The van der Waals surface area contributed by atoms with E-state index in [1.165, 1.54) is 0 Å². The van der Waals surface area contributed by atoms with Crippen molar-refractivity contribution in [3.05, 3.63) is 23.8 Å². The van der Waals surface area contributed by atoms with Crippen LogP contribution in [0.4, 0.5) is 0 Å². The topological polar surface area (TPSA) is 99.1 Å². The third-order valence-corrected chi connectivity index (χ3v) is 5.24. The van der Waals surface area contributed by atoms with Crippen molar-refractivity contribution in [2.24, 2.45) is 17.8 Å². The molecule has 142 valence electrons. The number of carbonyl (C=O) groups is 3. The Balaban J connectivity index is 1.93. The van der Waals surface area contributed by atoms with Gasteiger partial charge in [-0.3, -0.25) is 4.79 Å². The Bertz CT molecular complexity index is 663. The molecule has 3 aliphatic rings. The number of fused-ring (bicyclic) bond motifs is 3. The van der Waals surface area contributed by atoms with Gasteiger partial charge in [-0.25, -0.2) is 9.59 Å². The van der Waals surface area contributed by atoms with Crippen LogP contribution in [0.15, 0.2) is 23.8 Å². The van der Waals surface area contributed by atoms with Crippen LogP contribution in [0.25, 0.3) is 0 Å². The van der Waals surface area contributed by atoms with Crippen molar-refractivity contribution in [1.82, 2.24) is 0 Å². The summed E-state index contributed by atoms with van der Waals surface area (Å²) in [5.41, 5.74) is 0.548. The average molecular weight is 364 g/mol. The van der Waals surface area contributed by atoms with Crippen LogP contribution in [-0.2, 0) is 28.6 Å². The van der Waals surface area contributed by atoms with Gasteiger partial charge in [0.1, 0.15) is 18.3 Å². The maximum absolute atomic E-state index is 12.4. The van der Waals surface area contributed by atoms with Gasteiger partial charge in [0.15, 0.2) is 0 Å². The lowest BCUT2D eigenvalue weighted by atomic mass is 9.83. The summed E-state index contributed by atoms with van der Waals surface area (Å²) >= 11 is 0. The zero-order chi connectivity index (χ0) is 19.0. The molecule has 1 fully saturated rings. The number of hydrogen-bond acceptors (Lipinski definition) is 7. The van der Waals surface area contributed by atoms with E-state index in [0.29, 0.717) is 19.3 Å². The van der Waals surface area contributed by atoms with Gasteiger partial charge >= 0.3 is 17.9 Å². The Labute approximate surface area is 152 Å². The molecule has 0 aromatic carbocycles. The van der Waals surface area contributed by atoms with Crippen LogP contribution < -0.4 is 0 Å². The first-order valence-corrected chi connectivity index (χ1v) is 8.95. The van der Waals surface area contributed by atoms with Gasteiger partial charge in [-0.15, -0.1) is 0 Å². The molecular formula is C19H24O7. The summed E-state index contributed by atoms with van der Waals surface area (Å²) in [5.74, 6) is -2.40. The van der Waals surface area contributed by atoms with E-state index >= 15 is 0 Å². The Morgan fingerprint density at radius 3 is 2.69 bits per heavy atom. The second kappa shape index (κ2) is 7.23. The summed E-state index contributed by atoms with van der Waals surface area (Å²) in [6.45, 7) is 7.14. The van der Waals surface area contributed by atoms with E-state index in [2.05, 4.69) is 6.58 Å². The van der Waals surface area contributed by atoms with Crippen LogP contribution in [-0.4, -0.2) is 47.9 Å². The van der Waals surface area contributed by atoms with Crippen molar-refractivity contribution in [2.75, 3.05) is 6.61 Å². The first-order valence-electron chi connectivity index (χ1n) is 8.95. The molecule has 1 saturated heterocycles. The lowest BCUT2D eigenvalue weighted by molar-refractivity contribution is -0.153. The van der Waals surface area contributed by atoms with Crippen molar-refractivity contribution in [1.29, 1.82) is 0 Å². The van der Waals surface area contributed by atoms with Crippen molar-refractivity contribution in [3.63, 3.8) is 0 Å². The molecule has 1 aliphatic carbocycles. The molecule has 0 radical (unpaired) electrons. The number of aliphatic hydroxyl groups excluding tert-OH is 1. The van der Waals surface area contributed by atoms with Gasteiger partial charge in [-0.2, -0.15) is 0 Å². The number of aliphatic hydroxyl groups is 1. The predicted octanol–water partition coefficient (Wildman–Crippen LogP) is 1.30. The monoisotopic (exact) mass is 364 g/mol. The Hall–Kier alpha value is -2.15. The van der Waals surface area contributed by atoms with Gasteiger partial charge in [0.25, 0.3) is 0 Å². The van der Waals surface area contributed by atoms with E-state index in [1.807, 2.05) is 0 Å². The molecule has 7 heteroatoms. The number of carbonyl (C=O) groups excluding carboxylic acids is 3. The lowest BCUT2D eigenvalue weighted by Gasteiger charge is -2.26. The molecule has 3 rings (SSSR count). The minimum atomic E-state index is -0.723. The summed E-state index contributed by atoms with van der Waals surface area (Å²) in [7, 11) is 0. The summed E-state index contributed by atoms with van der Waals surface area (Å²) in [6, 6.07) is 0. The fourth-order valence-electron chi connectivity index (χ4n) is 3.69. The summed E-state index contributed by atoms with van der Waals surface area (Å²) in [4.78, 5) is 36.4. The molecule has 0 amide bonds. The van der Waals surface area contributed by atoms with Gasteiger partial charge in [-0.05, 0) is 31.3 Å². The Morgan fingerprint density at radius 1 is 1.31 bits per heavy atom. The second-order valence-electron chi connectivity index (χ2n) is 7.43. The highest BCUT2D eigenvalue weighted by atomic mass is 16.6. The van der Waals surface area contributed by atoms with Crippen LogP contribution in [0.5, 0.6) is 0 Å². The normalized spacial score (nSPS) is 34.1. The van der Waals surface area contributed by atoms with Crippen molar-refractivity contribution in [2.45, 2.75) is 51.4 Å². The lowest BCUT2D eigenvalue weighted by Crippen LogP contribution is -2.31. The zero-order valence-corrected chi connectivity index (χ0v) is 15.0. The average Bonchev–Trinajstić information content (AvgIpc) is 3.09. The van der Waals surface area contributed by atoms with E-state index in [0.717, 1.165) is 0 Å². The van der Waals surface area contributed by atoms with Gasteiger partial charge in [0, 0.05) is 12.2 Å². The SMILES string of the molecule is C=C1C(=O)O[C@@H]2CC(CO)CC[C@H](OC(=O)C(C)C)C3=C[C@@H](OC3=O)[C@@H]12. The number of esters is 3. The van der Waals surface area contributed by atoms with Crippen molar-refractivity contribution in [3.8, 4) is 0 Å². The number of rotatable bonds is 3. The molecule has 0 aromatic heterocycles. The molecule has 5 atom stereocenters. The summed E-state index contributed by atoms with van der Waals surface area (Å²) in [6.07, 6.45) is 1.09. The first-order chi connectivity index (χ1) is 12.3. The highest BCUT2D eigenvalue weighted by Gasteiger charge is 2.49. The number of hydrogen-bond donors (Lipinski definition) is 1. The third kappa shape index (κ3) is 3.40. The van der Waals surface area contributed by atoms with E-state index in [9.17, 15) is 19.5 Å². The highest BCUT2D eigenvalue weighted by Crippen LogP contribution is 2.40. The van der Waals surface area contributed by atoms with Crippen LogP contribution in [0.1, 0.15) is 33.1 Å². The summed E-state index contributed by atoms with van der Waals surface area (Å²) < 4.78 is 16.4. The van der Waals surface area contributed by atoms with Crippen molar-refractivity contribution >= 4 is 17.9 Å². The maximum atomic E-state index is 12.4. The Kier molecular flexibility index (Phi) is 5.18. The summed E-state index contributed by atoms with van der Waals surface area (Å²) in [5, 5.41) is 9.69.